The highest BCUT2D eigenvalue weighted by molar-refractivity contribution is 5.56. The monoisotopic (exact) mass is 233 g/mol. The molecule has 0 spiro atoms. The quantitative estimate of drug-likeness (QED) is 0.817. The van der Waals surface area contributed by atoms with Gasteiger partial charge in [0.05, 0.1) is 13.7 Å². The van der Waals surface area contributed by atoms with Gasteiger partial charge in [-0.05, 0) is 24.4 Å². The van der Waals surface area contributed by atoms with Crippen LogP contribution in [0.1, 0.15) is 0 Å². The summed E-state index contributed by atoms with van der Waals surface area (Å²) in [5.74, 6) is 1.40. The van der Waals surface area contributed by atoms with Crippen LogP contribution < -0.4 is 10.1 Å². The lowest BCUT2D eigenvalue weighted by molar-refractivity contribution is 0.415. The molecule has 0 bridgehead atoms. The van der Waals surface area contributed by atoms with E-state index in [2.05, 4.69) is 20.7 Å². The number of ether oxygens (including phenoxy) is 1. The number of aromatic nitrogens is 4. The Hall–Kier alpha value is -1.95. The summed E-state index contributed by atoms with van der Waals surface area (Å²) in [7, 11) is 3.52. The van der Waals surface area contributed by atoms with Crippen LogP contribution in [-0.4, -0.2) is 40.9 Å². The minimum absolute atomic E-state index is 0.611. The van der Waals surface area contributed by atoms with Crippen LogP contribution in [-0.2, 0) is 6.54 Å². The van der Waals surface area contributed by atoms with Crippen molar-refractivity contribution in [2.24, 2.45) is 0 Å². The van der Waals surface area contributed by atoms with Crippen LogP contribution in [0, 0.1) is 0 Å². The molecule has 0 unspecified atom stereocenters. The fourth-order valence-corrected chi connectivity index (χ4v) is 1.43. The molecule has 0 aliphatic carbocycles. The Bertz CT molecular complexity index is 482. The molecule has 2 aromatic rings. The first-order valence-electron chi connectivity index (χ1n) is 5.40. The van der Waals surface area contributed by atoms with Crippen LogP contribution in [0.25, 0.3) is 11.4 Å². The Morgan fingerprint density at radius 2 is 2.29 bits per heavy atom. The Labute approximate surface area is 99.6 Å². The van der Waals surface area contributed by atoms with Gasteiger partial charge in [-0.3, -0.25) is 0 Å². The summed E-state index contributed by atoms with van der Waals surface area (Å²) in [6.07, 6.45) is 0. The Morgan fingerprint density at radius 1 is 1.41 bits per heavy atom. The molecule has 1 aromatic heterocycles. The van der Waals surface area contributed by atoms with E-state index >= 15 is 0 Å². The second-order valence-electron chi connectivity index (χ2n) is 3.54. The smallest absolute Gasteiger partial charge is 0.205 e. The normalized spacial score (nSPS) is 10.5. The van der Waals surface area contributed by atoms with Crippen molar-refractivity contribution >= 4 is 0 Å². The molecule has 0 aliphatic rings. The van der Waals surface area contributed by atoms with Gasteiger partial charge in [0.2, 0.25) is 5.82 Å². The van der Waals surface area contributed by atoms with Gasteiger partial charge in [-0.25, -0.2) is 0 Å². The summed E-state index contributed by atoms with van der Waals surface area (Å²) in [6.45, 7) is 1.52. The molecule has 0 amide bonds. The molecule has 2 rings (SSSR count). The van der Waals surface area contributed by atoms with Crippen molar-refractivity contribution in [3.63, 3.8) is 0 Å². The largest absolute Gasteiger partial charge is 0.497 e. The van der Waals surface area contributed by atoms with E-state index in [0.29, 0.717) is 12.4 Å². The lowest BCUT2D eigenvalue weighted by Crippen LogP contribution is -2.16. The predicted octanol–water partition coefficient (Wildman–Crippen LogP) is 0.568. The Morgan fingerprint density at radius 3 is 3.06 bits per heavy atom. The maximum Gasteiger partial charge on any atom is 0.205 e. The number of nitrogens with zero attached hydrogens (tertiary/aromatic N) is 4. The standard InChI is InChI=1S/C11H15N5O/c1-12-6-7-16-14-11(13-15-16)9-4-3-5-10(8-9)17-2/h3-5,8,12H,6-7H2,1-2H3. The van der Waals surface area contributed by atoms with E-state index in [9.17, 15) is 0 Å². The first-order chi connectivity index (χ1) is 8.33. The van der Waals surface area contributed by atoms with E-state index in [0.717, 1.165) is 17.9 Å². The third-order valence-corrected chi connectivity index (χ3v) is 2.34. The molecule has 0 atom stereocenters. The zero-order valence-electron chi connectivity index (χ0n) is 9.92. The maximum absolute atomic E-state index is 5.16. The molecule has 0 saturated heterocycles. The van der Waals surface area contributed by atoms with Gasteiger partial charge in [0.1, 0.15) is 5.75 Å². The molecule has 17 heavy (non-hydrogen) atoms. The van der Waals surface area contributed by atoms with Crippen molar-refractivity contribution in [1.82, 2.24) is 25.5 Å². The summed E-state index contributed by atoms with van der Waals surface area (Å²) < 4.78 is 5.16. The molecule has 0 fully saturated rings. The van der Waals surface area contributed by atoms with Gasteiger partial charge in [0, 0.05) is 12.1 Å². The zero-order valence-corrected chi connectivity index (χ0v) is 9.92. The minimum atomic E-state index is 0.611. The highest BCUT2D eigenvalue weighted by Crippen LogP contribution is 2.19. The summed E-state index contributed by atoms with van der Waals surface area (Å²) in [5, 5.41) is 15.3. The van der Waals surface area contributed by atoms with Gasteiger partial charge < -0.3 is 10.1 Å². The summed E-state index contributed by atoms with van der Waals surface area (Å²) in [6, 6.07) is 7.61. The van der Waals surface area contributed by atoms with Crippen LogP contribution in [0.4, 0.5) is 0 Å². The van der Waals surface area contributed by atoms with Gasteiger partial charge in [0.15, 0.2) is 0 Å². The fourth-order valence-electron chi connectivity index (χ4n) is 1.43. The molecule has 6 nitrogen and oxygen atoms in total. The van der Waals surface area contributed by atoms with E-state index in [-0.39, 0.29) is 0 Å². The number of likely N-dealkylation sites (N-methyl/N-ethyl adjacent to an activating group) is 1. The second kappa shape index (κ2) is 5.40. The van der Waals surface area contributed by atoms with Crippen molar-refractivity contribution in [2.45, 2.75) is 6.54 Å². The van der Waals surface area contributed by atoms with Gasteiger partial charge in [-0.2, -0.15) is 4.80 Å². The molecule has 0 radical (unpaired) electrons. The number of nitrogens with one attached hydrogen (secondary N) is 1. The highest BCUT2D eigenvalue weighted by Gasteiger charge is 2.06. The zero-order chi connectivity index (χ0) is 12.1. The predicted molar refractivity (Wildman–Crippen MR) is 63.7 cm³/mol. The molecular formula is C11H15N5O. The van der Waals surface area contributed by atoms with Crippen molar-refractivity contribution in [3.8, 4) is 17.1 Å². The maximum atomic E-state index is 5.16. The van der Waals surface area contributed by atoms with Crippen LogP contribution in [0.3, 0.4) is 0 Å². The van der Waals surface area contributed by atoms with E-state index in [1.807, 2.05) is 31.3 Å². The lowest BCUT2D eigenvalue weighted by Gasteiger charge is -2.00. The van der Waals surface area contributed by atoms with E-state index in [4.69, 9.17) is 4.74 Å². The molecule has 1 N–H and O–H groups in total. The molecular weight excluding hydrogens is 218 g/mol. The summed E-state index contributed by atoms with van der Waals surface area (Å²) >= 11 is 0. The second-order valence-corrected chi connectivity index (χ2v) is 3.54. The summed E-state index contributed by atoms with van der Waals surface area (Å²) in [5.41, 5.74) is 0.903. The van der Waals surface area contributed by atoms with Crippen LogP contribution in [0.2, 0.25) is 0 Å². The fraction of sp³-hybridized carbons (Fsp3) is 0.364. The molecule has 0 aliphatic heterocycles. The van der Waals surface area contributed by atoms with Crippen molar-refractivity contribution in [2.75, 3.05) is 20.7 Å². The van der Waals surface area contributed by atoms with Gasteiger partial charge in [0.25, 0.3) is 0 Å². The topological polar surface area (TPSA) is 64.9 Å². The molecule has 1 aromatic carbocycles. The number of rotatable bonds is 5. The number of hydrogen-bond acceptors (Lipinski definition) is 5. The minimum Gasteiger partial charge on any atom is -0.497 e. The number of tetrazole rings is 1. The first kappa shape index (κ1) is 11.5. The lowest BCUT2D eigenvalue weighted by atomic mass is 10.2. The Kier molecular flexibility index (Phi) is 3.66. The number of hydrogen-bond donors (Lipinski definition) is 1. The van der Waals surface area contributed by atoms with Crippen LogP contribution in [0.5, 0.6) is 5.75 Å². The third kappa shape index (κ3) is 2.79. The van der Waals surface area contributed by atoms with Crippen molar-refractivity contribution < 1.29 is 4.74 Å². The van der Waals surface area contributed by atoms with Crippen molar-refractivity contribution in [1.29, 1.82) is 0 Å². The molecule has 0 saturated carbocycles. The van der Waals surface area contributed by atoms with E-state index in [1.165, 1.54) is 0 Å². The first-order valence-corrected chi connectivity index (χ1v) is 5.40. The van der Waals surface area contributed by atoms with Crippen LogP contribution in [0.15, 0.2) is 24.3 Å². The van der Waals surface area contributed by atoms with E-state index < -0.39 is 0 Å². The van der Waals surface area contributed by atoms with Gasteiger partial charge in [-0.1, -0.05) is 12.1 Å². The average molecular weight is 233 g/mol. The highest BCUT2D eigenvalue weighted by atomic mass is 16.5. The SMILES string of the molecule is CNCCn1nnc(-c2cccc(OC)c2)n1. The van der Waals surface area contributed by atoms with Gasteiger partial charge >= 0.3 is 0 Å². The number of benzene rings is 1. The Balaban J connectivity index is 2.18. The van der Waals surface area contributed by atoms with Crippen molar-refractivity contribution in [3.05, 3.63) is 24.3 Å². The molecule has 1 heterocycles. The molecule has 90 valence electrons. The van der Waals surface area contributed by atoms with Gasteiger partial charge in [-0.15, -0.1) is 10.2 Å². The van der Waals surface area contributed by atoms with E-state index in [1.54, 1.807) is 11.9 Å². The number of methoxy groups -OCH3 is 1. The summed E-state index contributed by atoms with van der Waals surface area (Å²) in [4.78, 5) is 1.57. The molecule has 6 heteroatoms. The average Bonchev–Trinajstić information content (AvgIpc) is 2.85. The van der Waals surface area contributed by atoms with Crippen LogP contribution >= 0.6 is 0 Å². The third-order valence-electron chi connectivity index (χ3n) is 2.34.